The van der Waals surface area contributed by atoms with Gasteiger partial charge < -0.3 is 20.1 Å². The number of methoxy groups -OCH3 is 1. The van der Waals surface area contributed by atoms with Gasteiger partial charge in [-0.05, 0) is 79.2 Å². The molecule has 3 amide bonds. The summed E-state index contributed by atoms with van der Waals surface area (Å²) in [6.45, 7) is 2.25. The molecule has 3 aromatic carbocycles. The van der Waals surface area contributed by atoms with Gasteiger partial charge in [-0.25, -0.2) is 9.69 Å². The number of anilines is 3. The maximum Gasteiger partial charge on any atom is 0.338 e. The number of ether oxygens (including phenoxy) is 2. The first-order valence-corrected chi connectivity index (χ1v) is 12.1. The Morgan fingerprint density at radius 1 is 0.842 bits per heavy atom. The van der Waals surface area contributed by atoms with Crippen molar-refractivity contribution in [2.75, 3.05) is 29.3 Å². The highest BCUT2D eigenvalue weighted by Gasteiger charge is 2.39. The molecule has 0 atom stereocenters. The average molecular weight is 534 g/mol. The second-order valence-electron chi connectivity index (χ2n) is 8.20. The van der Waals surface area contributed by atoms with E-state index in [1.165, 1.54) is 7.11 Å². The number of carbonyl (C=O) groups is 4. The zero-order valence-corrected chi connectivity index (χ0v) is 21.4. The van der Waals surface area contributed by atoms with Crippen molar-refractivity contribution < 1.29 is 28.7 Å². The van der Waals surface area contributed by atoms with E-state index in [4.69, 9.17) is 21.1 Å². The molecule has 0 radical (unpaired) electrons. The van der Waals surface area contributed by atoms with Crippen LogP contribution in [0.1, 0.15) is 34.1 Å². The number of nitrogens with zero attached hydrogens (tertiary/aromatic N) is 1. The van der Waals surface area contributed by atoms with Crippen LogP contribution in [-0.4, -0.2) is 37.4 Å². The molecule has 4 rings (SSSR count). The first-order valence-electron chi connectivity index (χ1n) is 11.7. The first kappa shape index (κ1) is 26.4. The van der Waals surface area contributed by atoms with Crippen LogP contribution in [-0.2, 0) is 14.3 Å². The minimum Gasteiger partial charge on any atom is -0.497 e. The van der Waals surface area contributed by atoms with Gasteiger partial charge in [-0.15, -0.1) is 0 Å². The van der Waals surface area contributed by atoms with Crippen molar-refractivity contribution in [1.29, 1.82) is 0 Å². The fourth-order valence-electron chi connectivity index (χ4n) is 3.60. The smallest absolute Gasteiger partial charge is 0.338 e. The van der Waals surface area contributed by atoms with Gasteiger partial charge in [-0.1, -0.05) is 18.5 Å². The summed E-state index contributed by atoms with van der Waals surface area (Å²) in [6, 6.07) is 19.1. The van der Waals surface area contributed by atoms with E-state index in [9.17, 15) is 19.2 Å². The number of nitrogens with one attached hydrogen (secondary N) is 2. The molecule has 2 N–H and O–H groups in total. The molecule has 0 bridgehead atoms. The average Bonchev–Trinajstić information content (AvgIpc) is 3.15. The predicted octanol–water partition coefficient (Wildman–Crippen LogP) is 4.95. The van der Waals surface area contributed by atoms with Crippen LogP contribution < -0.4 is 20.3 Å². The van der Waals surface area contributed by atoms with Crippen LogP contribution in [0.5, 0.6) is 5.75 Å². The van der Waals surface area contributed by atoms with Crippen molar-refractivity contribution in [3.8, 4) is 5.75 Å². The summed E-state index contributed by atoms with van der Waals surface area (Å²) in [4.78, 5) is 51.2. The van der Waals surface area contributed by atoms with E-state index in [0.29, 0.717) is 40.5 Å². The highest BCUT2D eigenvalue weighted by molar-refractivity contribution is 6.53. The second kappa shape index (κ2) is 11.6. The summed E-state index contributed by atoms with van der Waals surface area (Å²) in [6.07, 6.45) is 0.732. The summed E-state index contributed by atoms with van der Waals surface area (Å²) in [5, 5.41) is 5.39. The molecular weight excluding hydrogens is 510 g/mol. The molecule has 0 saturated carbocycles. The Balaban J connectivity index is 1.40. The van der Waals surface area contributed by atoms with Gasteiger partial charge in [0.15, 0.2) is 0 Å². The number of hydrogen-bond acceptors (Lipinski definition) is 7. The predicted molar refractivity (Wildman–Crippen MR) is 143 cm³/mol. The number of hydrogen-bond donors (Lipinski definition) is 2. The maximum absolute atomic E-state index is 13.0. The monoisotopic (exact) mass is 533 g/mol. The lowest BCUT2D eigenvalue weighted by Crippen LogP contribution is -2.32. The number of halogens is 1. The van der Waals surface area contributed by atoms with E-state index in [1.54, 1.807) is 72.8 Å². The fraction of sp³-hybridized carbons (Fsp3) is 0.143. The molecule has 38 heavy (non-hydrogen) atoms. The number of imide groups is 1. The number of amides is 3. The van der Waals surface area contributed by atoms with Crippen LogP contribution in [0.3, 0.4) is 0 Å². The van der Waals surface area contributed by atoms with Gasteiger partial charge in [0.05, 0.1) is 25.0 Å². The molecule has 0 fully saturated rings. The molecule has 1 heterocycles. The lowest BCUT2D eigenvalue weighted by Gasteiger charge is -2.15. The molecule has 3 aromatic rings. The summed E-state index contributed by atoms with van der Waals surface area (Å²) in [5.41, 5.74) is 2.01. The minimum absolute atomic E-state index is 0.0674. The highest BCUT2D eigenvalue weighted by Crippen LogP contribution is 2.31. The third kappa shape index (κ3) is 5.68. The Morgan fingerprint density at radius 2 is 1.45 bits per heavy atom. The third-order valence-corrected chi connectivity index (χ3v) is 5.94. The van der Waals surface area contributed by atoms with Crippen molar-refractivity contribution in [2.45, 2.75) is 13.3 Å². The van der Waals surface area contributed by atoms with Crippen LogP contribution >= 0.6 is 11.6 Å². The third-order valence-electron chi connectivity index (χ3n) is 5.59. The number of carbonyl (C=O) groups excluding carboxylic acids is 4. The Kier molecular flexibility index (Phi) is 8.08. The maximum atomic E-state index is 13.0. The number of benzene rings is 3. The molecule has 10 heteroatoms. The first-order chi connectivity index (χ1) is 18.3. The van der Waals surface area contributed by atoms with E-state index in [0.717, 1.165) is 11.3 Å². The Hall–Kier alpha value is -4.63. The van der Waals surface area contributed by atoms with Gasteiger partial charge in [0.1, 0.15) is 16.5 Å². The largest absolute Gasteiger partial charge is 0.497 e. The van der Waals surface area contributed by atoms with Crippen molar-refractivity contribution in [3.63, 3.8) is 0 Å². The number of rotatable bonds is 9. The van der Waals surface area contributed by atoms with Gasteiger partial charge in [0.2, 0.25) is 0 Å². The molecule has 194 valence electrons. The van der Waals surface area contributed by atoms with Crippen LogP contribution in [0.15, 0.2) is 83.5 Å². The van der Waals surface area contributed by atoms with Crippen LogP contribution in [0.25, 0.3) is 0 Å². The van der Waals surface area contributed by atoms with E-state index in [2.05, 4.69) is 10.6 Å². The summed E-state index contributed by atoms with van der Waals surface area (Å²) in [5.74, 6) is -1.46. The molecule has 9 nitrogen and oxygen atoms in total. The van der Waals surface area contributed by atoms with E-state index in [-0.39, 0.29) is 16.6 Å². The normalized spacial score (nSPS) is 13.0. The van der Waals surface area contributed by atoms with Crippen LogP contribution in [0, 0.1) is 0 Å². The van der Waals surface area contributed by atoms with Gasteiger partial charge in [0, 0.05) is 16.9 Å². The molecule has 0 aliphatic carbocycles. The fourth-order valence-corrected chi connectivity index (χ4v) is 3.81. The standard InChI is InChI=1S/C28H24ClN3O6/c1-3-16-38-28(36)18-6-10-20(11-7-18)31-25(33)17-4-8-19(9-5-17)30-24-23(29)26(34)32(27(24)35)21-12-14-22(37-2)15-13-21/h4-15,30H,3,16H2,1-2H3,(H,31,33). The van der Waals surface area contributed by atoms with E-state index < -0.39 is 17.8 Å². The van der Waals surface area contributed by atoms with Crippen molar-refractivity contribution in [1.82, 2.24) is 0 Å². The summed E-state index contributed by atoms with van der Waals surface area (Å²) >= 11 is 6.19. The van der Waals surface area contributed by atoms with E-state index in [1.807, 2.05) is 6.92 Å². The van der Waals surface area contributed by atoms with Crippen molar-refractivity contribution >= 4 is 52.4 Å². The lowest BCUT2D eigenvalue weighted by molar-refractivity contribution is -0.120. The quantitative estimate of drug-likeness (QED) is 0.295. The highest BCUT2D eigenvalue weighted by atomic mass is 35.5. The summed E-state index contributed by atoms with van der Waals surface area (Å²) < 4.78 is 10.2. The minimum atomic E-state index is -0.648. The van der Waals surface area contributed by atoms with E-state index >= 15 is 0 Å². The van der Waals surface area contributed by atoms with Crippen LogP contribution in [0.4, 0.5) is 17.1 Å². The topological polar surface area (TPSA) is 114 Å². The second-order valence-corrected chi connectivity index (χ2v) is 8.58. The molecule has 0 spiro atoms. The van der Waals surface area contributed by atoms with Crippen LogP contribution in [0.2, 0.25) is 0 Å². The van der Waals surface area contributed by atoms with Gasteiger partial charge in [-0.3, -0.25) is 14.4 Å². The zero-order chi connectivity index (χ0) is 27.2. The molecule has 0 saturated heterocycles. The lowest BCUT2D eigenvalue weighted by atomic mass is 10.1. The Morgan fingerprint density at radius 3 is 2.05 bits per heavy atom. The Bertz CT molecular complexity index is 1400. The molecule has 0 aromatic heterocycles. The van der Waals surface area contributed by atoms with Crippen molar-refractivity contribution in [3.05, 3.63) is 94.7 Å². The van der Waals surface area contributed by atoms with Gasteiger partial charge >= 0.3 is 5.97 Å². The SMILES string of the molecule is CCCOC(=O)c1ccc(NC(=O)c2ccc(NC3=C(Cl)C(=O)N(c4ccc(OC)cc4)C3=O)cc2)cc1. The molecule has 1 aliphatic heterocycles. The van der Waals surface area contributed by atoms with Gasteiger partial charge in [-0.2, -0.15) is 0 Å². The van der Waals surface area contributed by atoms with Crippen molar-refractivity contribution in [2.24, 2.45) is 0 Å². The molecular formula is C28H24ClN3O6. The summed E-state index contributed by atoms with van der Waals surface area (Å²) in [7, 11) is 1.52. The molecule has 0 unspecified atom stereocenters. The zero-order valence-electron chi connectivity index (χ0n) is 20.6. The Labute approximate surface area is 224 Å². The number of esters is 1. The van der Waals surface area contributed by atoms with Gasteiger partial charge in [0.25, 0.3) is 17.7 Å². The molecule has 1 aliphatic rings.